The standard InChI is InChI=1S/C19H29ClN2O5S/c1-26-13-14-27-12-6-9-21-19(23)16-7-8-17(20)18(15-16)28(24,25)22-10-4-2-3-5-11-22/h7-8,15H,2-6,9-14H2,1H3,(H,21,23). The lowest BCUT2D eigenvalue weighted by atomic mass is 10.2. The molecule has 28 heavy (non-hydrogen) atoms. The maximum atomic E-state index is 13.0. The van der Waals surface area contributed by atoms with Crippen LogP contribution in [0.5, 0.6) is 0 Å². The van der Waals surface area contributed by atoms with Crippen molar-refractivity contribution in [3.05, 3.63) is 28.8 Å². The minimum Gasteiger partial charge on any atom is -0.382 e. The number of benzene rings is 1. The Labute approximate surface area is 172 Å². The van der Waals surface area contributed by atoms with Crippen LogP contribution in [0.1, 0.15) is 42.5 Å². The molecule has 158 valence electrons. The van der Waals surface area contributed by atoms with Crippen LogP contribution in [0.4, 0.5) is 0 Å². The van der Waals surface area contributed by atoms with Gasteiger partial charge in [0.05, 0.1) is 18.2 Å². The van der Waals surface area contributed by atoms with Gasteiger partial charge >= 0.3 is 0 Å². The SMILES string of the molecule is COCCOCCCNC(=O)c1ccc(Cl)c(S(=O)(=O)N2CCCCCC2)c1. The molecule has 7 nitrogen and oxygen atoms in total. The number of methoxy groups -OCH3 is 1. The lowest BCUT2D eigenvalue weighted by Gasteiger charge is -2.21. The number of sulfonamides is 1. The number of carbonyl (C=O) groups excluding carboxylic acids is 1. The summed E-state index contributed by atoms with van der Waals surface area (Å²) in [6.07, 6.45) is 4.38. The molecule has 1 fully saturated rings. The van der Waals surface area contributed by atoms with Gasteiger partial charge in [0.1, 0.15) is 4.90 Å². The molecule has 0 radical (unpaired) electrons. The molecule has 0 unspecified atom stereocenters. The highest BCUT2D eigenvalue weighted by atomic mass is 35.5. The first kappa shape index (κ1) is 23.1. The maximum absolute atomic E-state index is 13.0. The average molecular weight is 433 g/mol. The smallest absolute Gasteiger partial charge is 0.251 e. The highest BCUT2D eigenvalue weighted by Crippen LogP contribution is 2.27. The quantitative estimate of drug-likeness (QED) is 0.574. The third-order valence-corrected chi connectivity index (χ3v) is 6.94. The van der Waals surface area contributed by atoms with E-state index in [1.54, 1.807) is 7.11 Å². The molecule has 1 saturated heterocycles. The predicted octanol–water partition coefficient (Wildman–Crippen LogP) is 2.69. The topological polar surface area (TPSA) is 84.9 Å². The van der Waals surface area contributed by atoms with E-state index in [-0.39, 0.29) is 21.4 Å². The Morgan fingerprint density at radius 1 is 1.14 bits per heavy atom. The van der Waals surface area contributed by atoms with Gasteiger partial charge in [0.2, 0.25) is 10.0 Å². The number of amides is 1. The minimum absolute atomic E-state index is 0.00776. The third kappa shape index (κ3) is 6.70. The first-order chi connectivity index (χ1) is 13.5. The molecule has 1 aromatic carbocycles. The maximum Gasteiger partial charge on any atom is 0.251 e. The Morgan fingerprint density at radius 3 is 2.54 bits per heavy atom. The number of hydrogen-bond acceptors (Lipinski definition) is 5. The normalized spacial score (nSPS) is 15.9. The molecule has 0 aliphatic carbocycles. The molecule has 1 aromatic rings. The van der Waals surface area contributed by atoms with Crippen molar-refractivity contribution in [2.45, 2.75) is 37.0 Å². The van der Waals surface area contributed by atoms with Crippen molar-refractivity contribution in [1.29, 1.82) is 0 Å². The van der Waals surface area contributed by atoms with Gasteiger partial charge in [-0.2, -0.15) is 4.31 Å². The molecule has 0 atom stereocenters. The summed E-state index contributed by atoms with van der Waals surface area (Å²) in [6.45, 7) is 2.96. The summed E-state index contributed by atoms with van der Waals surface area (Å²) >= 11 is 6.17. The van der Waals surface area contributed by atoms with Crippen LogP contribution >= 0.6 is 11.6 Å². The minimum atomic E-state index is -3.72. The zero-order valence-corrected chi connectivity index (χ0v) is 17.9. The molecule has 1 heterocycles. The molecule has 1 aliphatic heterocycles. The molecule has 1 N–H and O–H groups in total. The number of carbonyl (C=O) groups is 1. The Kier molecular flexibility index (Phi) is 9.67. The van der Waals surface area contributed by atoms with Crippen molar-refractivity contribution in [3.8, 4) is 0 Å². The lowest BCUT2D eigenvalue weighted by Crippen LogP contribution is -2.32. The predicted molar refractivity (Wildman–Crippen MR) is 108 cm³/mol. The van der Waals surface area contributed by atoms with Crippen LogP contribution in [-0.2, 0) is 19.5 Å². The number of hydrogen-bond donors (Lipinski definition) is 1. The van der Waals surface area contributed by atoms with E-state index in [0.29, 0.717) is 45.9 Å². The van der Waals surface area contributed by atoms with E-state index >= 15 is 0 Å². The number of nitrogens with zero attached hydrogens (tertiary/aromatic N) is 1. The average Bonchev–Trinajstić information content (AvgIpc) is 2.97. The fourth-order valence-corrected chi connectivity index (χ4v) is 5.00. The van der Waals surface area contributed by atoms with Crippen molar-refractivity contribution >= 4 is 27.5 Å². The van der Waals surface area contributed by atoms with E-state index in [2.05, 4.69) is 5.32 Å². The molecule has 9 heteroatoms. The first-order valence-corrected chi connectivity index (χ1v) is 11.4. The zero-order valence-electron chi connectivity index (χ0n) is 16.3. The van der Waals surface area contributed by atoms with Crippen LogP contribution in [-0.4, -0.2) is 65.2 Å². The molecular weight excluding hydrogens is 404 g/mol. The summed E-state index contributed by atoms with van der Waals surface area (Å²) in [6, 6.07) is 4.37. The molecule has 0 bridgehead atoms. The van der Waals surface area contributed by atoms with Gasteiger partial charge in [0.15, 0.2) is 0 Å². The summed E-state index contributed by atoms with van der Waals surface area (Å²) in [5.74, 6) is -0.333. The van der Waals surface area contributed by atoms with E-state index in [1.807, 2.05) is 0 Å². The number of rotatable bonds is 10. The molecular formula is C19H29ClN2O5S. The van der Waals surface area contributed by atoms with Gasteiger partial charge in [-0.1, -0.05) is 24.4 Å². The van der Waals surface area contributed by atoms with Crippen LogP contribution in [0.2, 0.25) is 5.02 Å². The van der Waals surface area contributed by atoms with Gasteiger partial charge in [-0.3, -0.25) is 4.79 Å². The van der Waals surface area contributed by atoms with Gasteiger partial charge in [0.25, 0.3) is 5.91 Å². The number of ether oxygens (including phenoxy) is 2. The Bertz CT molecular complexity index is 734. The van der Waals surface area contributed by atoms with Crippen LogP contribution in [0, 0.1) is 0 Å². The Balaban J connectivity index is 1.98. The molecule has 0 spiro atoms. The zero-order chi connectivity index (χ0) is 20.4. The highest BCUT2D eigenvalue weighted by Gasteiger charge is 2.28. The molecule has 0 aromatic heterocycles. The van der Waals surface area contributed by atoms with Gasteiger partial charge in [-0.15, -0.1) is 0 Å². The van der Waals surface area contributed by atoms with Gasteiger partial charge in [0, 0.05) is 38.9 Å². The third-order valence-electron chi connectivity index (χ3n) is 4.56. The molecule has 0 saturated carbocycles. The summed E-state index contributed by atoms with van der Waals surface area (Å²) < 4.78 is 37.7. The van der Waals surface area contributed by atoms with Crippen molar-refractivity contribution in [2.75, 3.05) is 46.6 Å². The highest BCUT2D eigenvalue weighted by molar-refractivity contribution is 7.89. The van der Waals surface area contributed by atoms with Gasteiger partial charge < -0.3 is 14.8 Å². The second-order valence-corrected chi connectivity index (χ2v) is 8.99. The van der Waals surface area contributed by atoms with Crippen molar-refractivity contribution < 1.29 is 22.7 Å². The van der Waals surface area contributed by atoms with Crippen LogP contribution in [0.15, 0.2) is 23.1 Å². The van der Waals surface area contributed by atoms with Crippen molar-refractivity contribution in [1.82, 2.24) is 9.62 Å². The summed E-state index contributed by atoms with van der Waals surface area (Å²) in [7, 11) is -2.11. The number of nitrogens with one attached hydrogen (secondary N) is 1. The van der Waals surface area contributed by atoms with Gasteiger partial charge in [-0.25, -0.2) is 8.42 Å². The van der Waals surface area contributed by atoms with E-state index in [0.717, 1.165) is 25.7 Å². The molecule has 1 amide bonds. The number of halogens is 1. The lowest BCUT2D eigenvalue weighted by molar-refractivity contribution is 0.0688. The molecule has 1 aliphatic rings. The van der Waals surface area contributed by atoms with E-state index in [1.165, 1.54) is 22.5 Å². The Morgan fingerprint density at radius 2 is 1.86 bits per heavy atom. The van der Waals surface area contributed by atoms with Crippen molar-refractivity contribution in [3.63, 3.8) is 0 Å². The van der Waals surface area contributed by atoms with Crippen LogP contribution in [0.25, 0.3) is 0 Å². The summed E-state index contributed by atoms with van der Waals surface area (Å²) in [5.41, 5.74) is 0.276. The monoisotopic (exact) mass is 432 g/mol. The fraction of sp³-hybridized carbons (Fsp3) is 0.632. The summed E-state index contributed by atoms with van der Waals surface area (Å²) in [4.78, 5) is 12.4. The van der Waals surface area contributed by atoms with Crippen LogP contribution in [0.3, 0.4) is 0 Å². The van der Waals surface area contributed by atoms with E-state index < -0.39 is 10.0 Å². The second-order valence-electron chi connectivity index (χ2n) is 6.68. The van der Waals surface area contributed by atoms with Crippen molar-refractivity contribution in [2.24, 2.45) is 0 Å². The van der Waals surface area contributed by atoms with E-state index in [9.17, 15) is 13.2 Å². The Hall–Kier alpha value is -1.19. The fourth-order valence-electron chi connectivity index (χ4n) is 2.99. The molecule has 2 rings (SSSR count). The van der Waals surface area contributed by atoms with Gasteiger partial charge in [-0.05, 0) is 37.5 Å². The summed E-state index contributed by atoms with van der Waals surface area (Å²) in [5, 5.41) is 2.91. The first-order valence-electron chi connectivity index (χ1n) is 9.61. The van der Waals surface area contributed by atoms with E-state index in [4.69, 9.17) is 21.1 Å². The largest absolute Gasteiger partial charge is 0.382 e. The van der Waals surface area contributed by atoms with Crippen LogP contribution < -0.4 is 5.32 Å². The second kappa shape index (κ2) is 11.7.